The summed E-state index contributed by atoms with van der Waals surface area (Å²) >= 11 is 5.97. The Balaban J connectivity index is 1.53. The molecule has 0 spiro atoms. The fourth-order valence-corrected chi connectivity index (χ4v) is 6.66. The molecule has 1 saturated heterocycles. The third-order valence-electron chi connectivity index (χ3n) is 7.61. The van der Waals surface area contributed by atoms with E-state index >= 15 is 0 Å². The van der Waals surface area contributed by atoms with Crippen molar-refractivity contribution in [1.82, 2.24) is 19.7 Å². The minimum Gasteiger partial charge on any atom is -0.465 e. The number of fused-ring (bicyclic) bond motifs is 1. The molecule has 3 aromatic rings. The minimum atomic E-state index is -4.39. The molecule has 14 nitrogen and oxygen atoms in total. The van der Waals surface area contributed by atoms with Gasteiger partial charge >= 0.3 is 13.7 Å². The standard InChI is InChI=1S/C29H38ClN6O8P/c1-4-5-6-7-8-15-41-27(38)19(2)35-45(40,44-21-11-9-20(30)10-12-21)42-16-23-25(37)28(3,39)29(17-31,43-23)24-14-13-22-26(32)33-18-34-36(22)24/h9-14,18-19,23,25,37,39H,4-8,15-16H2,1-3H3,(H,35,40)(H2,32,33,34)/t19-,23+,25+,28+,29-,45-/m0/s1. The van der Waals surface area contributed by atoms with Gasteiger partial charge in [-0.25, -0.2) is 14.1 Å². The normalized spacial score (nSPS) is 25.0. The van der Waals surface area contributed by atoms with Gasteiger partial charge in [0.2, 0.25) is 5.60 Å². The second-order valence-electron chi connectivity index (χ2n) is 11.0. The first kappa shape index (κ1) is 34.6. The lowest BCUT2D eigenvalue weighted by molar-refractivity contribution is -0.145. The van der Waals surface area contributed by atoms with Crippen molar-refractivity contribution >= 4 is 36.7 Å². The number of hydrogen-bond acceptors (Lipinski definition) is 12. The Labute approximate surface area is 266 Å². The number of nitriles is 1. The van der Waals surface area contributed by atoms with Crippen LogP contribution in [-0.2, 0) is 29.0 Å². The summed E-state index contributed by atoms with van der Waals surface area (Å²) in [7, 11) is -4.39. The lowest BCUT2D eigenvalue weighted by atomic mass is 9.80. The molecule has 16 heteroatoms. The average Bonchev–Trinajstić information content (AvgIpc) is 3.53. The lowest BCUT2D eigenvalue weighted by Gasteiger charge is -2.33. The van der Waals surface area contributed by atoms with Crippen molar-refractivity contribution in [1.29, 1.82) is 5.26 Å². The molecular weight excluding hydrogens is 627 g/mol. The molecule has 0 aliphatic carbocycles. The number of esters is 1. The van der Waals surface area contributed by atoms with E-state index < -0.39 is 49.8 Å². The molecule has 5 N–H and O–H groups in total. The second-order valence-corrected chi connectivity index (χ2v) is 13.1. The van der Waals surface area contributed by atoms with E-state index in [4.69, 9.17) is 35.9 Å². The van der Waals surface area contributed by atoms with Gasteiger partial charge in [-0.3, -0.25) is 9.32 Å². The molecule has 0 amide bonds. The van der Waals surface area contributed by atoms with Gasteiger partial charge in [-0.2, -0.15) is 15.4 Å². The van der Waals surface area contributed by atoms with Gasteiger partial charge < -0.3 is 29.9 Å². The largest absolute Gasteiger partial charge is 0.465 e. The number of nitrogens with zero attached hydrogens (tertiary/aromatic N) is 4. The first-order valence-corrected chi connectivity index (χ1v) is 16.5. The average molecular weight is 665 g/mol. The summed E-state index contributed by atoms with van der Waals surface area (Å²) in [5, 5.41) is 40.1. The molecular formula is C29H38ClN6O8P. The molecule has 4 rings (SSSR count). The monoisotopic (exact) mass is 664 g/mol. The summed E-state index contributed by atoms with van der Waals surface area (Å²) in [6.07, 6.45) is 2.92. The fraction of sp³-hybridized carbons (Fsp3) is 0.517. The maximum absolute atomic E-state index is 14.0. The van der Waals surface area contributed by atoms with Gasteiger partial charge in [0.1, 0.15) is 47.5 Å². The molecule has 244 valence electrons. The van der Waals surface area contributed by atoms with Gasteiger partial charge in [0, 0.05) is 5.02 Å². The van der Waals surface area contributed by atoms with E-state index in [0.29, 0.717) is 17.0 Å². The Morgan fingerprint density at radius 3 is 2.67 bits per heavy atom. The van der Waals surface area contributed by atoms with Crippen LogP contribution in [0, 0.1) is 11.3 Å². The van der Waals surface area contributed by atoms with E-state index in [-0.39, 0.29) is 23.9 Å². The number of rotatable bonds is 15. The summed E-state index contributed by atoms with van der Waals surface area (Å²) in [5.74, 6) is -0.438. The van der Waals surface area contributed by atoms with E-state index in [1.807, 2.05) is 6.07 Å². The zero-order valence-corrected chi connectivity index (χ0v) is 26.9. The zero-order valence-electron chi connectivity index (χ0n) is 25.3. The zero-order chi connectivity index (χ0) is 32.8. The van der Waals surface area contributed by atoms with Crippen LogP contribution in [0.3, 0.4) is 0 Å². The Morgan fingerprint density at radius 1 is 1.27 bits per heavy atom. The summed E-state index contributed by atoms with van der Waals surface area (Å²) in [5.41, 5.74) is 2.00. The molecule has 2 aromatic heterocycles. The number of benzene rings is 1. The maximum Gasteiger partial charge on any atom is 0.459 e. The predicted molar refractivity (Wildman–Crippen MR) is 164 cm³/mol. The number of hydrogen-bond donors (Lipinski definition) is 4. The highest BCUT2D eigenvalue weighted by atomic mass is 35.5. The Morgan fingerprint density at radius 2 is 1.98 bits per heavy atom. The quantitative estimate of drug-likeness (QED) is 0.104. The van der Waals surface area contributed by atoms with Crippen molar-refractivity contribution in [3.05, 3.63) is 53.4 Å². The highest BCUT2D eigenvalue weighted by Gasteiger charge is 2.65. The van der Waals surface area contributed by atoms with E-state index in [2.05, 4.69) is 22.1 Å². The van der Waals surface area contributed by atoms with Gasteiger partial charge in [-0.05, 0) is 56.7 Å². The molecule has 0 radical (unpaired) electrons. The van der Waals surface area contributed by atoms with Gasteiger partial charge in [0.05, 0.1) is 18.9 Å². The number of aliphatic hydroxyl groups excluding tert-OH is 1. The first-order valence-electron chi connectivity index (χ1n) is 14.6. The van der Waals surface area contributed by atoms with E-state index in [9.17, 15) is 24.8 Å². The number of anilines is 1. The van der Waals surface area contributed by atoms with Crippen LogP contribution in [0.15, 0.2) is 42.7 Å². The van der Waals surface area contributed by atoms with Crippen LogP contribution in [0.5, 0.6) is 5.75 Å². The number of nitrogen functional groups attached to an aromatic ring is 1. The number of carbonyl (C=O) groups is 1. The summed E-state index contributed by atoms with van der Waals surface area (Å²) < 4.78 is 38.0. The number of halogens is 1. The molecule has 1 aromatic carbocycles. The van der Waals surface area contributed by atoms with Gasteiger partial charge in [0.25, 0.3) is 0 Å². The third kappa shape index (κ3) is 7.42. The van der Waals surface area contributed by atoms with Crippen LogP contribution in [0.25, 0.3) is 5.52 Å². The number of carbonyl (C=O) groups excluding carboxylic acids is 1. The SMILES string of the molecule is CCCCCCCOC(=O)[C@H](C)N[P@](=O)(OC[C@H]1O[C@@](C#N)(c2ccc3c(N)ncnn23)[C@](C)(O)[C@@H]1O)Oc1ccc(Cl)cc1. The number of aromatic nitrogens is 3. The number of ether oxygens (including phenoxy) is 2. The van der Waals surface area contributed by atoms with E-state index in [1.165, 1.54) is 55.0 Å². The smallest absolute Gasteiger partial charge is 0.459 e. The van der Waals surface area contributed by atoms with Crippen LogP contribution < -0.4 is 15.3 Å². The van der Waals surface area contributed by atoms with Crippen molar-refractivity contribution in [2.45, 2.75) is 82.3 Å². The molecule has 45 heavy (non-hydrogen) atoms. The minimum absolute atomic E-state index is 0.0745. The van der Waals surface area contributed by atoms with Crippen LogP contribution in [0.2, 0.25) is 5.02 Å². The molecule has 1 aliphatic rings. The summed E-state index contributed by atoms with van der Waals surface area (Å²) in [6, 6.07) is 9.80. The second kappa shape index (κ2) is 14.4. The van der Waals surface area contributed by atoms with Gasteiger partial charge in [-0.1, -0.05) is 44.2 Å². The van der Waals surface area contributed by atoms with E-state index in [1.54, 1.807) is 6.07 Å². The van der Waals surface area contributed by atoms with Crippen molar-refractivity contribution in [3.8, 4) is 11.8 Å². The number of unbranched alkanes of at least 4 members (excludes halogenated alkanes) is 4. The molecule has 1 aliphatic heterocycles. The van der Waals surface area contributed by atoms with Crippen LogP contribution in [0.4, 0.5) is 5.82 Å². The number of nitrogens with one attached hydrogen (secondary N) is 1. The lowest BCUT2D eigenvalue weighted by Crippen LogP contribution is -2.52. The van der Waals surface area contributed by atoms with Crippen LogP contribution in [0.1, 0.15) is 58.6 Å². The predicted octanol–water partition coefficient (Wildman–Crippen LogP) is 3.89. The van der Waals surface area contributed by atoms with Crippen molar-refractivity contribution in [2.75, 3.05) is 18.9 Å². The van der Waals surface area contributed by atoms with Crippen molar-refractivity contribution in [3.63, 3.8) is 0 Å². The molecule has 0 saturated carbocycles. The van der Waals surface area contributed by atoms with Gasteiger partial charge in [-0.15, -0.1) is 0 Å². The van der Waals surface area contributed by atoms with Crippen molar-refractivity contribution in [2.24, 2.45) is 0 Å². The van der Waals surface area contributed by atoms with Crippen LogP contribution >= 0.6 is 19.3 Å². The van der Waals surface area contributed by atoms with Gasteiger partial charge in [0.15, 0.2) is 5.82 Å². The van der Waals surface area contributed by atoms with Crippen LogP contribution in [-0.4, -0.2) is 67.8 Å². The van der Waals surface area contributed by atoms with Crippen molar-refractivity contribution < 1.29 is 38.1 Å². The molecule has 6 atom stereocenters. The number of nitrogens with two attached hydrogens (primary N) is 1. The Hall–Kier alpha value is -3.28. The van der Waals surface area contributed by atoms with E-state index in [0.717, 1.165) is 25.7 Å². The fourth-order valence-electron chi connectivity index (χ4n) is 5.03. The maximum atomic E-state index is 14.0. The highest BCUT2D eigenvalue weighted by molar-refractivity contribution is 7.52. The Bertz CT molecular complexity index is 1560. The molecule has 1 fully saturated rings. The molecule has 3 heterocycles. The number of aliphatic hydroxyl groups is 2. The Kier molecular flexibility index (Phi) is 11.1. The topological polar surface area (TPSA) is 204 Å². The third-order valence-corrected chi connectivity index (χ3v) is 9.51. The first-order chi connectivity index (χ1) is 21.4. The summed E-state index contributed by atoms with van der Waals surface area (Å²) in [6.45, 7) is 4.36. The highest BCUT2D eigenvalue weighted by Crippen LogP contribution is 2.50. The molecule has 0 unspecified atom stereocenters. The molecule has 0 bridgehead atoms. The summed E-state index contributed by atoms with van der Waals surface area (Å²) in [4.78, 5) is 16.6.